The van der Waals surface area contributed by atoms with Gasteiger partial charge in [-0.1, -0.05) is 0 Å². The van der Waals surface area contributed by atoms with E-state index in [0.717, 1.165) is 26.2 Å². The van der Waals surface area contributed by atoms with Crippen LogP contribution in [0.3, 0.4) is 0 Å². The van der Waals surface area contributed by atoms with Crippen molar-refractivity contribution < 1.29 is 4.79 Å². The number of ketones is 1. The van der Waals surface area contributed by atoms with E-state index in [-0.39, 0.29) is 5.78 Å². The number of piperazine rings is 1. The third-order valence-electron chi connectivity index (χ3n) is 2.04. The number of carbonyl (C=O) groups is 1. The summed E-state index contributed by atoms with van der Waals surface area (Å²) in [4.78, 5) is 15.2. The minimum atomic E-state index is 0.273. The normalized spacial score (nSPS) is 22.0. The van der Waals surface area contributed by atoms with Crippen LogP contribution >= 0.6 is 0 Å². The molecule has 0 saturated carbocycles. The molecule has 0 aromatic carbocycles. The molecular formula is C8H16N2O. The highest BCUT2D eigenvalue weighted by Gasteiger charge is 2.13. The molecule has 0 N–H and O–H groups in total. The average Bonchev–Trinajstić information content (AvgIpc) is 1.93. The number of Topliss-reactive ketones (excluding diaryl/α,β-unsaturated/α-hetero) is 1. The molecule has 1 rings (SSSR count). The first-order chi connectivity index (χ1) is 5.18. The molecule has 1 heterocycles. The summed E-state index contributed by atoms with van der Waals surface area (Å²) < 4.78 is 0. The second-order valence-corrected chi connectivity index (χ2v) is 3.28. The van der Waals surface area contributed by atoms with Gasteiger partial charge in [0.05, 0.1) is 6.54 Å². The van der Waals surface area contributed by atoms with Crippen molar-refractivity contribution in [3.05, 3.63) is 0 Å². The molecule has 64 valence electrons. The topological polar surface area (TPSA) is 23.6 Å². The van der Waals surface area contributed by atoms with Gasteiger partial charge in [0.1, 0.15) is 5.78 Å². The molecule has 0 amide bonds. The van der Waals surface area contributed by atoms with Crippen LogP contribution in [0.4, 0.5) is 0 Å². The molecule has 1 aliphatic rings. The van der Waals surface area contributed by atoms with E-state index in [9.17, 15) is 4.79 Å². The molecule has 0 aromatic rings. The molecular weight excluding hydrogens is 143 g/mol. The van der Waals surface area contributed by atoms with Crippen molar-refractivity contribution in [2.45, 2.75) is 6.92 Å². The van der Waals surface area contributed by atoms with Crippen molar-refractivity contribution in [2.75, 3.05) is 39.8 Å². The molecule has 0 aromatic heterocycles. The summed E-state index contributed by atoms with van der Waals surface area (Å²) >= 11 is 0. The van der Waals surface area contributed by atoms with Crippen LogP contribution in [0.1, 0.15) is 6.92 Å². The lowest BCUT2D eigenvalue weighted by Crippen LogP contribution is -2.45. The SMILES string of the molecule is C[13C](=O)C[15N]1CC[15N](C)CC1. The fraction of sp³-hybridized carbons (Fsp3) is 0.875. The molecule has 0 spiro atoms. The van der Waals surface area contributed by atoms with Crippen molar-refractivity contribution >= 4 is 5.78 Å². The lowest BCUT2D eigenvalue weighted by atomic mass is 10.5. The molecule has 1 fully saturated rings. The van der Waals surface area contributed by atoms with Crippen LogP contribution in [0.5, 0.6) is 0 Å². The zero-order valence-electron chi connectivity index (χ0n) is 7.34. The Bertz CT molecular complexity index is 139. The highest BCUT2D eigenvalue weighted by molar-refractivity contribution is 5.77. The van der Waals surface area contributed by atoms with Crippen molar-refractivity contribution in [3.8, 4) is 0 Å². The summed E-state index contributed by atoms with van der Waals surface area (Å²) in [5.41, 5.74) is 0. The molecule has 0 unspecified atom stereocenters. The number of rotatable bonds is 2. The first-order valence-corrected chi connectivity index (χ1v) is 4.09. The van der Waals surface area contributed by atoms with Gasteiger partial charge in [-0.15, -0.1) is 0 Å². The maximum atomic E-state index is 10.7. The number of nitrogens with zero attached hydrogens (tertiary/aromatic N) is 2. The number of likely N-dealkylation sites (N-methyl/N-ethyl adjacent to an activating group) is 1. The summed E-state index contributed by atoms with van der Waals surface area (Å²) in [7, 11) is 2.12. The predicted molar refractivity (Wildman–Crippen MR) is 44.6 cm³/mol. The van der Waals surface area contributed by atoms with Gasteiger partial charge in [-0.2, -0.15) is 0 Å². The molecule has 0 bridgehead atoms. The van der Waals surface area contributed by atoms with E-state index in [0.29, 0.717) is 6.54 Å². The van der Waals surface area contributed by atoms with Crippen LogP contribution in [0.2, 0.25) is 0 Å². The van der Waals surface area contributed by atoms with Crippen LogP contribution in [0.15, 0.2) is 0 Å². The van der Waals surface area contributed by atoms with E-state index in [1.807, 2.05) is 0 Å². The van der Waals surface area contributed by atoms with E-state index in [1.165, 1.54) is 0 Å². The van der Waals surface area contributed by atoms with E-state index < -0.39 is 0 Å². The predicted octanol–water partition coefficient (Wildman–Crippen LogP) is -0.177. The Labute approximate surface area is 68.0 Å². The monoisotopic (exact) mass is 159 g/mol. The summed E-state index contributed by atoms with van der Waals surface area (Å²) in [6.45, 7) is 6.54. The van der Waals surface area contributed by atoms with E-state index >= 15 is 0 Å². The van der Waals surface area contributed by atoms with Crippen LogP contribution < -0.4 is 0 Å². The fourth-order valence-corrected chi connectivity index (χ4v) is 1.32. The van der Waals surface area contributed by atoms with Crippen molar-refractivity contribution in [1.82, 2.24) is 9.80 Å². The Morgan fingerprint density at radius 1 is 1.27 bits per heavy atom. The van der Waals surface area contributed by atoms with E-state index in [4.69, 9.17) is 0 Å². The second kappa shape index (κ2) is 3.83. The van der Waals surface area contributed by atoms with Gasteiger partial charge >= 0.3 is 0 Å². The van der Waals surface area contributed by atoms with Gasteiger partial charge in [-0.05, 0) is 14.0 Å². The molecule has 0 atom stereocenters. The molecule has 1 aliphatic heterocycles. The minimum absolute atomic E-state index is 0.273. The smallest absolute Gasteiger partial charge is 0.143 e. The van der Waals surface area contributed by atoms with Crippen molar-refractivity contribution in [2.24, 2.45) is 0 Å². The van der Waals surface area contributed by atoms with Crippen LogP contribution in [0, 0.1) is 0 Å². The summed E-state index contributed by atoms with van der Waals surface area (Å²) in [6, 6.07) is 0. The van der Waals surface area contributed by atoms with Gasteiger partial charge in [-0.25, -0.2) is 0 Å². The van der Waals surface area contributed by atoms with Crippen LogP contribution in [-0.2, 0) is 4.79 Å². The number of hydrogen-bond acceptors (Lipinski definition) is 3. The lowest BCUT2D eigenvalue weighted by Gasteiger charge is -2.31. The zero-order chi connectivity index (χ0) is 8.27. The van der Waals surface area contributed by atoms with Gasteiger partial charge < -0.3 is 4.90 Å². The van der Waals surface area contributed by atoms with Gasteiger partial charge in [0.25, 0.3) is 0 Å². The van der Waals surface area contributed by atoms with Gasteiger partial charge in [-0.3, -0.25) is 9.69 Å². The minimum Gasteiger partial charge on any atom is -0.304 e. The lowest BCUT2D eigenvalue weighted by molar-refractivity contribution is -0.118. The Morgan fingerprint density at radius 3 is 2.27 bits per heavy atom. The third-order valence-corrected chi connectivity index (χ3v) is 2.04. The van der Waals surface area contributed by atoms with Gasteiger partial charge in [0.2, 0.25) is 0 Å². The Morgan fingerprint density at radius 2 is 1.82 bits per heavy atom. The molecule has 3 nitrogen and oxygen atoms in total. The first-order valence-electron chi connectivity index (χ1n) is 4.09. The summed E-state index contributed by atoms with van der Waals surface area (Å²) in [6.07, 6.45) is 0. The highest BCUT2D eigenvalue weighted by atomic mass is 16.2. The highest BCUT2D eigenvalue weighted by Crippen LogP contribution is 1.97. The van der Waals surface area contributed by atoms with E-state index in [2.05, 4.69) is 16.8 Å². The average molecular weight is 159 g/mol. The summed E-state index contributed by atoms with van der Waals surface area (Å²) in [5, 5.41) is 0. The molecule has 0 radical (unpaired) electrons. The molecule has 3 heteroatoms. The second-order valence-electron chi connectivity index (χ2n) is 3.28. The van der Waals surface area contributed by atoms with Crippen LogP contribution in [0.25, 0.3) is 0 Å². The van der Waals surface area contributed by atoms with Gasteiger partial charge in [0.15, 0.2) is 0 Å². The Balaban J connectivity index is 2.22. The first kappa shape index (κ1) is 8.68. The Kier molecular flexibility index (Phi) is 3.02. The largest absolute Gasteiger partial charge is 0.304 e. The quantitative estimate of drug-likeness (QED) is 0.412. The number of hydrogen-bond donors (Lipinski definition) is 0. The van der Waals surface area contributed by atoms with Crippen LogP contribution in [-0.4, -0.2) is 55.4 Å². The van der Waals surface area contributed by atoms with E-state index in [1.54, 1.807) is 6.92 Å². The van der Waals surface area contributed by atoms with Crippen molar-refractivity contribution in [3.63, 3.8) is 0 Å². The van der Waals surface area contributed by atoms with Crippen molar-refractivity contribution in [1.29, 1.82) is 0 Å². The Hall–Kier alpha value is -0.410. The van der Waals surface area contributed by atoms with Gasteiger partial charge in [0, 0.05) is 26.2 Å². The summed E-state index contributed by atoms with van der Waals surface area (Å²) in [5.74, 6) is 0.273. The molecule has 11 heavy (non-hydrogen) atoms. The maximum absolute atomic E-state index is 10.7. The fourth-order valence-electron chi connectivity index (χ4n) is 1.32. The maximum Gasteiger partial charge on any atom is 0.143 e. The standard InChI is InChI=1S/C8H16N2O/c1-8(11)7-10-5-3-9(2)4-6-10/h3-7H2,1-2H3/i8+1,9+1,10+1. The number of carbonyl (C=O) groups excluding carboxylic acids is 1. The third kappa shape index (κ3) is 2.99. The molecule has 1 saturated heterocycles. The zero-order valence-corrected chi connectivity index (χ0v) is 7.34. The molecule has 0 aliphatic carbocycles.